The van der Waals surface area contributed by atoms with E-state index < -0.39 is 6.03 Å². The number of aromatic nitrogens is 2. The number of methoxy groups -OCH3 is 1. The maximum Gasteiger partial charge on any atom is 0.328 e. The van der Waals surface area contributed by atoms with Gasteiger partial charge in [-0.2, -0.15) is 5.26 Å². The molecule has 0 aliphatic carbocycles. The van der Waals surface area contributed by atoms with Crippen molar-refractivity contribution in [2.75, 3.05) is 55.5 Å². The van der Waals surface area contributed by atoms with Gasteiger partial charge in [-0.15, -0.1) is 0 Å². The van der Waals surface area contributed by atoms with Crippen molar-refractivity contribution in [1.82, 2.24) is 14.9 Å². The topological polar surface area (TPSA) is 150 Å². The van der Waals surface area contributed by atoms with Gasteiger partial charge in [0.05, 0.1) is 24.0 Å². The van der Waals surface area contributed by atoms with Crippen LogP contribution in [0.2, 0.25) is 0 Å². The number of hydrogen-bond donors (Lipinski definition) is 2. The molecule has 206 valence electrons. The number of nitriles is 1. The molecule has 2 N–H and O–H groups in total. The van der Waals surface area contributed by atoms with Gasteiger partial charge in [0.25, 0.3) is 0 Å². The van der Waals surface area contributed by atoms with Crippen LogP contribution in [0.15, 0.2) is 18.3 Å². The van der Waals surface area contributed by atoms with Gasteiger partial charge in [0.1, 0.15) is 23.4 Å². The second kappa shape index (κ2) is 13.6. The van der Waals surface area contributed by atoms with E-state index in [1.54, 1.807) is 18.1 Å². The lowest BCUT2D eigenvalue weighted by Gasteiger charge is -2.29. The highest BCUT2D eigenvalue weighted by molar-refractivity contribution is 6.01. The van der Waals surface area contributed by atoms with E-state index in [1.807, 2.05) is 6.07 Å². The van der Waals surface area contributed by atoms with E-state index in [0.717, 1.165) is 37.8 Å². The highest BCUT2D eigenvalue weighted by atomic mass is 16.5. The lowest BCUT2D eigenvalue weighted by atomic mass is 10.0. The molecule has 1 saturated heterocycles. The molecule has 39 heavy (non-hydrogen) atoms. The molecule has 0 radical (unpaired) electrons. The quantitative estimate of drug-likeness (QED) is 0.309. The van der Waals surface area contributed by atoms with Crippen molar-refractivity contribution in [2.45, 2.75) is 44.8 Å². The lowest BCUT2D eigenvalue weighted by molar-refractivity contribution is -0.119. The van der Waals surface area contributed by atoms with Gasteiger partial charge < -0.3 is 19.7 Å². The normalized spacial score (nSPS) is 16.2. The number of nitrogens with one attached hydrogen (secondary N) is 2. The first-order valence-electron chi connectivity index (χ1n) is 13.1. The lowest BCUT2D eigenvalue weighted by Crippen LogP contribution is -2.40. The fourth-order valence-corrected chi connectivity index (χ4v) is 4.78. The first-order valence-corrected chi connectivity index (χ1v) is 13.1. The summed E-state index contributed by atoms with van der Waals surface area (Å²) in [6, 6.07) is 5.09. The van der Waals surface area contributed by atoms with Crippen LogP contribution in [-0.2, 0) is 27.2 Å². The standard InChI is InChI=1S/C27H33N7O5/c1-38-11-7-29-23-13-25(30-15-21(23)14-28)32-27(37)34-8-2-4-19-12-20(24(17-35)31-26(19)34)16-33(18-36)9-6-22-5-3-10-39-22/h12-13,15,17-18,22H,2-11,16H2,1H3,(H2,29,30,32,37)/t22-/m0/s1. The molecular weight excluding hydrogens is 502 g/mol. The molecule has 3 amide bonds. The maximum absolute atomic E-state index is 13.3. The third kappa shape index (κ3) is 7.07. The average molecular weight is 536 g/mol. The van der Waals surface area contributed by atoms with Crippen molar-refractivity contribution in [3.8, 4) is 6.07 Å². The number of pyridine rings is 2. The van der Waals surface area contributed by atoms with Crippen molar-refractivity contribution >= 4 is 36.1 Å². The molecule has 0 unspecified atom stereocenters. The van der Waals surface area contributed by atoms with E-state index in [4.69, 9.17) is 9.47 Å². The van der Waals surface area contributed by atoms with E-state index in [9.17, 15) is 19.6 Å². The number of aldehydes is 1. The molecule has 0 saturated carbocycles. The van der Waals surface area contributed by atoms with Crippen LogP contribution in [0, 0.1) is 11.3 Å². The summed E-state index contributed by atoms with van der Waals surface area (Å²) in [7, 11) is 1.58. The number of urea groups is 1. The predicted molar refractivity (Wildman–Crippen MR) is 144 cm³/mol. The maximum atomic E-state index is 13.3. The Bertz CT molecular complexity index is 1230. The molecule has 12 nitrogen and oxygen atoms in total. The Morgan fingerprint density at radius 1 is 1.36 bits per heavy atom. The average Bonchev–Trinajstić information content (AvgIpc) is 3.48. The van der Waals surface area contributed by atoms with Gasteiger partial charge in [0.15, 0.2) is 6.29 Å². The summed E-state index contributed by atoms with van der Waals surface area (Å²) in [5.41, 5.74) is 2.54. The summed E-state index contributed by atoms with van der Waals surface area (Å²) in [6.07, 6.45) is 7.17. The van der Waals surface area contributed by atoms with E-state index in [2.05, 4.69) is 26.7 Å². The zero-order chi connectivity index (χ0) is 27.6. The fourth-order valence-electron chi connectivity index (χ4n) is 4.78. The molecule has 1 fully saturated rings. The second-order valence-electron chi connectivity index (χ2n) is 9.46. The summed E-state index contributed by atoms with van der Waals surface area (Å²) in [6.45, 7) is 2.89. The highest BCUT2D eigenvalue weighted by Crippen LogP contribution is 2.29. The van der Waals surface area contributed by atoms with E-state index in [-0.39, 0.29) is 24.2 Å². The van der Waals surface area contributed by atoms with Gasteiger partial charge >= 0.3 is 6.03 Å². The molecule has 0 bridgehead atoms. The first-order chi connectivity index (χ1) is 19.1. The number of ether oxygens (including phenoxy) is 2. The Hall–Kier alpha value is -4.08. The summed E-state index contributed by atoms with van der Waals surface area (Å²) in [5.74, 6) is 0.680. The zero-order valence-corrected chi connectivity index (χ0v) is 22.0. The molecule has 0 spiro atoms. The Kier molecular flexibility index (Phi) is 9.77. The largest absolute Gasteiger partial charge is 0.383 e. The molecule has 2 aromatic heterocycles. The third-order valence-corrected chi connectivity index (χ3v) is 6.80. The summed E-state index contributed by atoms with van der Waals surface area (Å²) in [5, 5.41) is 15.2. The van der Waals surface area contributed by atoms with Crippen LogP contribution < -0.4 is 15.5 Å². The number of anilines is 3. The fraction of sp³-hybridized carbons (Fsp3) is 0.481. The van der Waals surface area contributed by atoms with Gasteiger partial charge in [-0.3, -0.25) is 19.8 Å². The Morgan fingerprint density at radius 3 is 2.95 bits per heavy atom. The monoisotopic (exact) mass is 535 g/mol. The Morgan fingerprint density at radius 2 is 2.23 bits per heavy atom. The van der Waals surface area contributed by atoms with Crippen LogP contribution in [0.25, 0.3) is 0 Å². The van der Waals surface area contributed by atoms with Crippen LogP contribution in [0.4, 0.5) is 22.1 Å². The molecule has 2 aliphatic heterocycles. The Balaban J connectivity index is 1.48. The van der Waals surface area contributed by atoms with Gasteiger partial charge in [0, 0.05) is 57.7 Å². The van der Waals surface area contributed by atoms with Crippen molar-refractivity contribution in [2.24, 2.45) is 0 Å². The number of carbonyl (C=O) groups excluding carboxylic acids is 3. The van der Waals surface area contributed by atoms with Crippen LogP contribution in [-0.4, -0.2) is 79.7 Å². The van der Waals surface area contributed by atoms with Crippen molar-refractivity contribution in [3.05, 3.63) is 40.7 Å². The predicted octanol–water partition coefficient (Wildman–Crippen LogP) is 2.73. The van der Waals surface area contributed by atoms with Gasteiger partial charge in [-0.1, -0.05) is 0 Å². The molecule has 0 aromatic carbocycles. The molecule has 2 aromatic rings. The minimum atomic E-state index is -0.445. The van der Waals surface area contributed by atoms with Gasteiger partial charge in [0.2, 0.25) is 6.41 Å². The molecular formula is C27H33N7O5. The number of amides is 3. The third-order valence-electron chi connectivity index (χ3n) is 6.80. The SMILES string of the molecule is COCCNc1cc(NC(=O)N2CCCc3cc(CN(C=O)CC[C@@H]4CCCO4)c(C=O)nc32)ncc1C#N. The summed E-state index contributed by atoms with van der Waals surface area (Å²) in [4.78, 5) is 48.8. The number of hydrogen-bond acceptors (Lipinski definition) is 9. The van der Waals surface area contributed by atoms with Crippen molar-refractivity contribution < 1.29 is 23.9 Å². The molecule has 2 aliphatic rings. The minimum absolute atomic E-state index is 0.162. The first kappa shape index (κ1) is 27.9. The van der Waals surface area contributed by atoms with Gasteiger partial charge in [-0.25, -0.2) is 14.8 Å². The van der Waals surface area contributed by atoms with Crippen molar-refractivity contribution in [1.29, 1.82) is 5.26 Å². The smallest absolute Gasteiger partial charge is 0.328 e. The Labute approximate surface area is 227 Å². The minimum Gasteiger partial charge on any atom is -0.383 e. The van der Waals surface area contributed by atoms with Crippen LogP contribution in [0.3, 0.4) is 0 Å². The van der Waals surface area contributed by atoms with E-state index >= 15 is 0 Å². The number of carbonyl (C=O) groups is 3. The summed E-state index contributed by atoms with van der Waals surface area (Å²) < 4.78 is 10.7. The zero-order valence-electron chi connectivity index (χ0n) is 22.0. The number of rotatable bonds is 12. The summed E-state index contributed by atoms with van der Waals surface area (Å²) >= 11 is 0. The van der Waals surface area contributed by atoms with Crippen LogP contribution in [0.1, 0.15) is 52.9 Å². The molecule has 4 heterocycles. The molecule has 1 atom stereocenters. The number of nitrogens with zero attached hydrogens (tertiary/aromatic N) is 5. The van der Waals surface area contributed by atoms with Crippen molar-refractivity contribution in [3.63, 3.8) is 0 Å². The molecule has 4 rings (SSSR count). The van der Waals surface area contributed by atoms with Gasteiger partial charge in [-0.05, 0) is 43.7 Å². The number of aryl methyl sites for hydroxylation is 1. The van der Waals surface area contributed by atoms with Crippen LogP contribution in [0.5, 0.6) is 0 Å². The van der Waals surface area contributed by atoms with E-state index in [1.165, 1.54) is 11.1 Å². The number of fused-ring (bicyclic) bond motifs is 1. The van der Waals surface area contributed by atoms with Crippen LogP contribution >= 0.6 is 0 Å². The highest BCUT2D eigenvalue weighted by Gasteiger charge is 2.27. The molecule has 12 heteroatoms. The second-order valence-corrected chi connectivity index (χ2v) is 9.46. The van der Waals surface area contributed by atoms with E-state index in [0.29, 0.717) is 68.0 Å².